The fourth-order valence-corrected chi connectivity index (χ4v) is 2.44. The van der Waals surface area contributed by atoms with E-state index in [1.807, 2.05) is 6.07 Å². The molecular formula is C13H19BrN2O3. The number of nitrogens with zero attached hydrogens (tertiary/aromatic N) is 1. The molecule has 1 aromatic rings. The van der Waals surface area contributed by atoms with Crippen LogP contribution < -0.4 is 5.32 Å². The first kappa shape index (κ1) is 16.1. The van der Waals surface area contributed by atoms with Crippen molar-refractivity contribution in [3.63, 3.8) is 0 Å². The van der Waals surface area contributed by atoms with E-state index in [0.29, 0.717) is 16.9 Å². The lowest BCUT2D eigenvalue weighted by atomic mass is 10.0. The quantitative estimate of drug-likeness (QED) is 0.595. The Morgan fingerprint density at radius 2 is 2.16 bits per heavy atom. The van der Waals surface area contributed by atoms with Crippen molar-refractivity contribution >= 4 is 21.6 Å². The number of hydrogen-bond acceptors (Lipinski definition) is 4. The standard InChI is InChI=1S/C13H19BrN2O3/c1-9(2)6-11(8-17)15-7-10-4-3-5-12(13(10)14)16(18)19/h3-5,9,11,15,17H,6-8H2,1-2H3. The molecule has 0 fully saturated rings. The number of nitro groups is 1. The molecular weight excluding hydrogens is 312 g/mol. The van der Waals surface area contributed by atoms with Crippen LogP contribution in [-0.4, -0.2) is 22.7 Å². The van der Waals surface area contributed by atoms with Crippen molar-refractivity contribution in [3.05, 3.63) is 38.3 Å². The third kappa shape index (κ3) is 4.89. The molecule has 0 bridgehead atoms. The van der Waals surface area contributed by atoms with Gasteiger partial charge in [0.15, 0.2) is 0 Å². The Labute approximate surface area is 121 Å². The van der Waals surface area contributed by atoms with Crippen molar-refractivity contribution in [2.45, 2.75) is 32.9 Å². The van der Waals surface area contributed by atoms with E-state index in [4.69, 9.17) is 0 Å². The Balaban J connectivity index is 2.72. The van der Waals surface area contributed by atoms with Gasteiger partial charge in [-0.15, -0.1) is 0 Å². The number of nitrogens with one attached hydrogen (secondary N) is 1. The molecule has 0 amide bonds. The van der Waals surface area contributed by atoms with E-state index in [2.05, 4.69) is 35.1 Å². The maximum absolute atomic E-state index is 10.8. The van der Waals surface area contributed by atoms with Gasteiger partial charge in [0.1, 0.15) is 0 Å². The van der Waals surface area contributed by atoms with Crippen LogP contribution in [0.5, 0.6) is 0 Å². The van der Waals surface area contributed by atoms with E-state index in [1.54, 1.807) is 6.07 Å². The van der Waals surface area contributed by atoms with Gasteiger partial charge in [0.2, 0.25) is 0 Å². The Morgan fingerprint density at radius 3 is 2.68 bits per heavy atom. The first-order valence-corrected chi connectivity index (χ1v) is 7.01. The van der Waals surface area contributed by atoms with E-state index >= 15 is 0 Å². The predicted molar refractivity (Wildman–Crippen MR) is 78.0 cm³/mol. The van der Waals surface area contributed by atoms with Gasteiger partial charge in [-0.1, -0.05) is 26.0 Å². The average molecular weight is 331 g/mol. The average Bonchev–Trinajstić information content (AvgIpc) is 2.35. The molecule has 0 heterocycles. The minimum Gasteiger partial charge on any atom is -0.395 e. The maximum Gasteiger partial charge on any atom is 0.283 e. The Morgan fingerprint density at radius 1 is 1.47 bits per heavy atom. The molecule has 0 aliphatic rings. The minimum absolute atomic E-state index is 0.00571. The second-order valence-electron chi connectivity index (χ2n) is 4.90. The molecule has 0 aromatic heterocycles. The molecule has 0 saturated carbocycles. The molecule has 1 aromatic carbocycles. The van der Waals surface area contributed by atoms with Gasteiger partial charge in [-0.05, 0) is 33.8 Å². The van der Waals surface area contributed by atoms with Crippen molar-refractivity contribution in [1.29, 1.82) is 0 Å². The highest BCUT2D eigenvalue weighted by molar-refractivity contribution is 9.10. The molecule has 6 heteroatoms. The van der Waals surface area contributed by atoms with Crippen molar-refractivity contribution < 1.29 is 10.0 Å². The number of halogens is 1. The van der Waals surface area contributed by atoms with Gasteiger partial charge in [-0.2, -0.15) is 0 Å². The van der Waals surface area contributed by atoms with Crippen LogP contribution in [0.1, 0.15) is 25.8 Å². The second kappa shape index (κ2) is 7.57. The third-order valence-electron chi connectivity index (χ3n) is 2.81. The fraction of sp³-hybridized carbons (Fsp3) is 0.538. The summed E-state index contributed by atoms with van der Waals surface area (Å²) in [6.07, 6.45) is 0.864. The predicted octanol–water partition coefficient (Wildman–Crippen LogP) is 2.85. The molecule has 0 aliphatic carbocycles. The molecule has 0 aliphatic heterocycles. The fourth-order valence-electron chi connectivity index (χ4n) is 1.89. The molecule has 1 atom stereocenters. The van der Waals surface area contributed by atoms with E-state index in [9.17, 15) is 15.2 Å². The minimum atomic E-state index is -0.411. The van der Waals surface area contributed by atoms with Gasteiger partial charge in [-0.25, -0.2) is 0 Å². The van der Waals surface area contributed by atoms with Crippen LogP contribution in [0.4, 0.5) is 5.69 Å². The zero-order valence-corrected chi connectivity index (χ0v) is 12.7. The zero-order valence-electron chi connectivity index (χ0n) is 11.1. The summed E-state index contributed by atoms with van der Waals surface area (Å²) in [6, 6.07) is 4.96. The van der Waals surface area contributed by atoms with Crippen LogP contribution in [0.15, 0.2) is 22.7 Å². The lowest BCUT2D eigenvalue weighted by molar-refractivity contribution is -0.385. The van der Waals surface area contributed by atoms with E-state index in [1.165, 1.54) is 6.07 Å². The number of aliphatic hydroxyl groups is 1. The molecule has 19 heavy (non-hydrogen) atoms. The molecule has 106 valence electrons. The number of nitro benzene ring substituents is 1. The maximum atomic E-state index is 10.8. The Bertz CT molecular complexity index is 438. The highest BCUT2D eigenvalue weighted by atomic mass is 79.9. The summed E-state index contributed by atoms with van der Waals surface area (Å²) in [4.78, 5) is 10.4. The number of benzene rings is 1. The van der Waals surface area contributed by atoms with Gasteiger partial charge in [0.25, 0.3) is 5.69 Å². The van der Waals surface area contributed by atoms with Gasteiger partial charge in [0.05, 0.1) is 16.0 Å². The smallest absolute Gasteiger partial charge is 0.283 e. The molecule has 1 unspecified atom stereocenters. The summed E-state index contributed by atoms with van der Waals surface area (Å²) < 4.78 is 0.494. The molecule has 2 N–H and O–H groups in total. The topological polar surface area (TPSA) is 75.4 Å². The number of aliphatic hydroxyl groups excluding tert-OH is 1. The summed E-state index contributed by atoms with van der Waals surface area (Å²) in [5.41, 5.74) is 0.875. The molecule has 0 radical (unpaired) electrons. The van der Waals surface area contributed by atoms with Crippen LogP contribution in [0, 0.1) is 16.0 Å². The summed E-state index contributed by atoms with van der Waals surface area (Å²) >= 11 is 3.26. The monoisotopic (exact) mass is 330 g/mol. The largest absolute Gasteiger partial charge is 0.395 e. The second-order valence-corrected chi connectivity index (χ2v) is 5.69. The summed E-state index contributed by atoms with van der Waals surface area (Å²) in [5.74, 6) is 0.484. The van der Waals surface area contributed by atoms with Gasteiger partial charge in [0, 0.05) is 18.7 Å². The molecule has 0 spiro atoms. The lowest BCUT2D eigenvalue weighted by Crippen LogP contribution is -2.33. The van der Waals surface area contributed by atoms with E-state index in [0.717, 1.165) is 12.0 Å². The first-order chi connectivity index (χ1) is 8.95. The number of hydrogen-bond donors (Lipinski definition) is 2. The first-order valence-electron chi connectivity index (χ1n) is 6.21. The Kier molecular flexibility index (Phi) is 6.41. The SMILES string of the molecule is CC(C)CC(CO)NCc1cccc([N+](=O)[O-])c1Br. The molecule has 5 nitrogen and oxygen atoms in total. The molecule has 1 rings (SSSR count). The lowest BCUT2D eigenvalue weighted by Gasteiger charge is -2.18. The van der Waals surface area contributed by atoms with Gasteiger partial charge < -0.3 is 10.4 Å². The molecule has 0 saturated heterocycles. The van der Waals surface area contributed by atoms with Crippen molar-refractivity contribution in [1.82, 2.24) is 5.32 Å². The highest BCUT2D eigenvalue weighted by Gasteiger charge is 2.16. The number of rotatable bonds is 7. The highest BCUT2D eigenvalue weighted by Crippen LogP contribution is 2.28. The van der Waals surface area contributed by atoms with Crippen LogP contribution in [0.2, 0.25) is 0 Å². The summed E-state index contributed by atoms with van der Waals surface area (Å²) in [5, 5.41) is 23.3. The normalized spacial score (nSPS) is 12.7. The Hall–Kier alpha value is -0.980. The van der Waals surface area contributed by atoms with Crippen molar-refractivity contribution in [3.8, 4) is 0 Å². The van der Waals surface area contributed by atoms with Crippen LogP contribution >= 0.6 is 15.9 Å². The van der Waals surface area contributed by atoms with Gasteiger partial charge in [-0.3, -0.25) is 10.1 Å². The van der Waals surface area contributed by atoms with E-state index < -0.39 is 4.92 Å². The van der Waals surface area contributed by atoms with Crippen molar-refractivity contribution in [2.75, 3.05) is 6.61 Å². The van der Waals surface area contributed by atoms with E-state index in [-0.39, 0.29) is 18.3 Å². The van der Waals surface area contributed by atoms with Crippen molar-refractivity contribution in [2.24, 2.45) is 5.92 Å². The summed E-state index contributed by atoms with van der Waals surface area (Å²) in [6.45, 7) is 4.73. The third-order valence-corrected chi connectivity index (χ3v) is 3.73. The van der Waals surface area contributed by atoms with Gasteiger partial charge >= 0.3 is 0 Å². The zero-order chi connectivity index (χ0) is 14.4. The van der Waals surface area contributed by atoms with Crippen LogP contribution in [0.25, 0.3) is 0 Å². The van der Waals surface area contributed by atoms with Crippen LogP contribution in [-0.2, 0) is 6.54 Å². The summed E-state index contributed by atoms with van der Waals surface area (Å²) in [7, 11) is 0. The van der Waals surface area contributed by atoms with Crippen LogP contribution in [0.3, 0.4) is 0 Å².